The predicted molar refractivity (Wildman–Crippen MR) is 128 cm³/mol. The van der Waals surface area contributed by atoms with Crippen LogP contribution in [0.25, 0.3) is 5.65 Å². The van der Waals surface area contributed by atoms with Gasteiger partial charge < -0.3 is 14.9 Å². The van der Waals surface area contributed by atoms with Crippen molar-refractivity contribution < 1.29 is 9.53 Å². The Morgan fingerprint density at radius 3 is 2.39 bits per heavy atom. The average Bonchev–Trinajstić information content (AvgIpc) is 3.10. The zero-order valence-electron chi connectivity index (χ0n) is 19.7. The maximum atomic E-state index is 11.5. The number of fused-ring (bicyclic) bond motifs is 1. The molecule has 2 aromatic heterocycles. The number of benzene rings is 1. The minimum Gasteiger partial charge on any atom is -0.489 e. The molecule has 0 aliphatic rings. The molecule has 6 nitrogen and oxygen atoms in total. The third-order valence-electron chi connectivity index (χ3n) is 4.48. The predicted octanol–water partition coefficient (Wildman–Crippen LogP) is 5.73. The van der Waals surface area contributed by atoms with E-state index in [0.29, 0.717) is 25.3 Å². The van der Waals surface area contributed by atoms with Crippen LogP contribution in [0.3, 0.4) is 0 Å². The van der Waals surface area contributed by atoms with Crippen molar-refractivity contribution in [2.24, 2.45) is 5.73 Å². The monoisotopic (exact) mass is 424 g/mol. The van der Waals surface area contributed by atoms with Gasteiger partial charge in [-0.2, -0.15) is 0 Å². The number of allylic oxidation sites excluding steroid dienone is 1. The van der Waals surface area contributed by atoms with Crippen LogP contribution in [-0.2, 0) is 13.0 Å². The molecule has 0 saturated heterocycles. The van der Waals surface area contributed by atoms with Gasteiger partial charge in [0.1, 0.15) is 18.0 Å². The zero-order chi connectivity index (χ0) is 23.4. The van der Waals surface area contributed by atoms with Crippen molar-refractivity contribution in [1.29, 1.82) is 0 Å². The molecule has 1 aromatic carbocycles. The maximum Gasteiger partial charge on any atom is 0.318 e. The first-order valence-electron chi connectivity index (χ1n) is 10.8. The molecule has 0 saturated carbocycles. The van der Waals surface area contributed by atoms with Gasteiger partial charge in [0, 0.05) is 36.6 Å². The Labute approximate surface area is 186 Å². The number of nitrogens with zero attached hydrogens (tertiary/aromatic N) is 3. The Hall–Kier alpha value is -3.28. The van der Waals surface area contributed by atoms with Crippen molar-refractivity contribution in [1.82, 2.24) is 14.3 Å². The Bertz CT molecular complexity index is 950. The van der Waals surface area contributed by atoms with Gasteiger partial charge in [-0.3, -0.25) is 4.90 Å². The Balaban J connectivity index is 0.00000113. The number of primary amides is 1. The van der Waals surface area contributed by atoms with E-state index in [2.05, 4.69) is 6.58 Å². The van der Waals surface area contributed by atoms with Crippen molar-refractivity contribution in [3.8, 4) is 5.75 Å². The summed E-state index contributed by atoms with van der Waals surface area (Å²) in [6.07, 6.45) is 2.55. The van der Waals surface area contributed by atoms with E-state index in [9.17, 15) is 4.79 Å². The lowest BCUT2D eigenvalue weighted by Crippen LogP contribution is -2.35. The summed E-state index contributed by atoms with van der Waals surface area (Å²) in [6, 6.07) is 13.4. The third kappa shape index (κ3) is 7.17. The summed E-state index contributed by atoms with van der Waals surface area (Å²) in [5.41, 5.74) is 9.91. The number of pyridine rings is 1. The van der Waals surface area contributed by atoms with Gasteiger partial charge >= 0.3 is 6.03 Å². The second-order valence-electron chi connectivity index (χ2n) is 6.48. The molecule has 0 radical (unpaired) electrons. The molecule has 3 rings (SSSR count). The number of amides is 2. The highest BCUT2D eigenvalue weighted by molar-refractivity contribution is 5.73. The van der Waals surface area contributed by atoms with E-state index in [0.717, 1.165) is 28.3 Å². The average molecular weight is 425 g/mol. The molecule has 168 valence electrons. The normalized spacial score (nSPS) is 9.74. The number of hydrogen-bond donors (Lipinski definition) is 1. The van der Waals surface area contributed by atoms with E-state index in [-0.39, 0.29) is 0 Å². The number of aromatic nitrogens is 2. The van der Waals surface area contributed by atoms with Crippen molar-refractivity contribution in [2.45, 2.75) is 54.6 Å². The Morgan fingerprint density at radius 2 is 1.81 bits per heavy atom. The molecule has 0 spiro atoms. The molecule has 0 fully saturated rings. The van der Waals surface area contributed by atoms with Crippen LogP contribution in [0.5, 0.6) is 5.75 Å². The molecular weight excluding hydrogens is 388 g/mol. The van der Waals surface area contributed by atoms with Gasteiger partial charge in [0.05, 0.1) is 5.69 Å². The first-order chi connectivity index (χ1) is 15.0. The van der Waals surface area contributed by atoms with E-state index in [1.807, 2.05) is 87.7 Å². The van der Waals surface area contributed by atoms with Crippen LogP contribution in [0.2, 0.25) is 0 Å². The lowest BCUT2D eigenvalue weighted by atomic mass is 10.2. The van der Waals surface area contributed by atoms with Crippen LogP contribution in [-0.4, -0.2) is 26.9 Å². The smallest absolute Gasteiger partial charge is 0.318 e. The first-order valence-corrected chi connectivity index (χ1v) is 10.8. The topological polar surface area (TPSA) is 72.9 Å². The fraction of sp³-hybridized carbons (Fsp3) is 0.360. The number of carbonyl (C=O) groups excluding carboxylic acids is 1. The largest absolute Gasteiger partial charge is 0.489 e. The lowest BCUT2D eigenvalue weighted by molar-refractivity contribution is 0.221. The molecule has 0 unspecified atom stereocenters. The van der Waals surface area contributed by atoms with E-state index in [4.69, 9.17) is 15.5 Å². The second-order valence-corrected chi connectivity index (χ2v) is 6.48. The van der Waals surface area contributed by atoms with Crippen LogP contribution in [0.1, 0.15) is 51.6 Å². The van der Waals surface area contributed by atoms with Crippen molar-refractivity contribution in [3.63, 3.8) is 0 Å². The molecule has 0 aliphatic carbocycles. The second kappa shape index (κ2) is 13.1. The van der Waals surface area contributed by atoms with Crippen molar-refractivity contribution >= 4 is 11.7 Å². The molecule has 6 heteroatoms. The Morgan fingerprint density at radius 1 is 1.16 bits per heavy atom. The zero-order valence-corrected chi connectivity index (χ0v) is 19.7. The van der Waals surface area contributed by atoms with Gasteiger partial charge in [-0.25, -0.2) is 9.78 Å². The molecule has 0 aliphatic heterocycles. The number of hydrogen-bond acceptors (Lipinski definition) is 3. The fourth-order valence-electron chi connectivity index (χ4n) is 2.97. The number of imidazole rings is 1. The summed E-state index contributed by atoms with van der Waals surface area (Å²) in [5, 5.41) is 0. The van der Waals surface area contributed by atoms with Crippen LogP contribution in [0.15, 0.2) is 60.9 Å². The highest BCUT2D eigenvalue weighted by Crippen LogP contribution is 2.20. The molecule has 2 amide bonds. The molecular formula is C25H36N4O2. The Kier molecular flexibility index (Phi) is 10.9. The molecule has 0 atom stereocenters. The highest BCUT2D eigenvalue weighted by atomic mass is 16.5. The summed E-state index contributed by atoms with van der Waals surface area (Å²) in [4.78, 5) is 17.6. The van der Waals surface area contributed by atoms with Crippen LogP contribution in [0.4, 0.5) is 4.79 Å². The lowest BCUT2D eigenvalue weighted by Gasteiger charge is -2.19. The summed E-state index contributed by atoms with van der Waals surface area (Å²) in [5.74, 6) is 0.767. The van der Waals surface area contributed by atoms with Crippen LogP contribution in [0, 0.1) is 6.92 Å². The van der Waals surface area contributed by atoms with E-state index in [1.165, 1.54) is 4.90 Å². The SMILES string of the molecule is C=C(C)N(CCc1nc2cc(OCc3ccccc3)ccn2c1C)C(N)=O.CC.CC. The van der Waals surface area contributed by atoms with Gasteiger partial charge in [0.2, 0.25) is 0 Å². The number of carbonyl (C=O) groups is 1. The molecule has 2 N–H and O–H groups in total. The summed E-state index contributed by atoms with van der Waals surface area (Å²) < 4.78 is 7.89. The minimum absolute atomic E-state index is 0.451. The van der Waals surface area contributed by atoms with Gasteiger partial charge in [0.15, 0.2) is 0 Å². The number of nitrogens with two attached hydrogens (primary N) is 1. The minimum atomic E-state index is -0.500. The van der Waals surface area contributed by atoms with Gasteiger partial charge in [-0.1, -0.05) is 64.6 Å². The van der Waals surface area contributed by atoms with E-state index >= 15 is 0 Å². The fourth-order valence-corrected chi connectivity index (χ4v) is 2.97. The van der Waals surface area contributed by atoms with Gasteiger partial charge in [-0.15, -0.1) is 0 Å². The number of rotatable bonds is 7. The van der Waals surface area contributed by atoms with Gasteiger partial charge in [0.25, 0.3) is 0 Å². The van der Waals surface area contributed by atoms with Crippen LogP contribution >= 0.6 is 0 Å². The number of aryl methyl sites for hydroxylation is 1. The summed E-state index contributed by atoms with van der Waals surface area (Å²) >= 11 is 0. The molecule has 3 aromatic rings. The first kappa shape index (κ1) is 25.8. The van der Waals surface area contributed by atoms with E-state index in [1.54, 1.807) is 6.92 Å². The summed E-state index contributed by atoms with van der Waals surface area (Å²) in [6.45, 7) is 16.5. The van der Waals surface area contributed by atoms with Crippen molar-refractivity contribution in [2.75, 3.05) is 6.54 Å². The number of ether oxygens (including phenoxy) is 1. The highest BCUT2D eigenvalue weighted by Gasteiger charge is 2.14. The quantitative estimate of drug-likeness (QED) is 0.526. The molecule has 2 heterocycles. The standard InChI is InChI=1S/C21H24N4O2.2C2H6/c1-15(2)24(21(22)26)12-10-19-16(3)25-11-9-18(13-20(25)23-19)27-14-17-7-5-4-6-8-17;2*1-2/h4-9,11,13H,1,10,12,14H2,2-3H3,(H2,22,26);2*1-2H3. The van der Waals surface area contributed by atoms with E-state index < -0.39 is 6.03 Å². The summed E-state index contributed by atoms with van der Waals surface area (Å²) in [7, 11) is 0. The number of urea groups is 1. The van der Waals surface area contributed by atoms with Crippen molar-refractivity contribution in [3.05, 3.63) is 77.9 Å². The third-order valence-corrected chi connectivity index (χ3v) is 4.48. The molecule has 31 heavy (non-hydrogen) atoms. The molecule has 0 bridgehead atoms. The van der Waals surface area contributed by atoms with Crippen LogP contribution < -0.4 is 10.5 Å². The maximum absolute atomic E-state index is 11.5. The van der Waals surface area contributed by atoms with Gasteiger partial charge in [-0.05, 0) is 25.5 Å².